The molecule has 0 saturated carbocycles. The van der Waals surface area contributed by atoms with Gasteiger partial charge in [0.15, 0.2) is 0 Å². The Hall–Kier alpha value is -0.0800. The van der Waals surface area contributed by atoms with E-state index in [1.807, 2.05) is 0 Å². The molecule has 1 rings (SSSR count). The monoisotopic (exact) mass is 170 g/mol. The molecule has 0 unspecified atom stereocenters. The van der Waals surface area contributed by atoms with E-state index in [-0.39, 0.29) is 0 Å². The highest BCUT2D eigenvalue weighted by molar-refractivity contribution is 4.74. The van der Waals surface area contributed by atoms with E-state index < -0.39 is 0 Å². The molecule has 0 radical (unpaired) electrons. The van der Waals surface area contributed by atoms with E-state index in [1.165, 1.54) is 39.1 Å². The fraction of sp³-hybridized carbons (Fsp3) is 1.00. The second-order valence-corrected chi connectivity index (χ2v) is 3.72. The lowest BCUT2D eigenvalue weighted by molar-refractivity contribution is 0.202. The van der Waals surface area contributed by atoms with E-state index in [2.05, 4.69) is 30.6 Å². The second-order valence-electron chi connectivity index (χ2n) is 3.72. The van der Waals surface area contributed by atoms with Crippen LogP contribution in [0.25, 0.3) is 0 Å². The molecule has 1 aliphatic rings. The lowest BCUT2D eigenvalue weighted by atomic mass is 10.3. The van der Waals surface area contributed by atoms with Gasteiger partial charge in [-0.3, -0.25) is 4.90 Å². The number of hydrogen-bond acceptors (Lipinski definition) is 2. The number of rotatable bonds is 2. The van der Waals surface area contributed by atoms with Gasteiger partial charge in [-0.1, -0.05) is 13.8 Å². The zero-order chi connectivity index (χ0) is 8.97. The molecule has 1 atom stereocenters. The summed E-state index contributed by atoms with van der Waals surface area (Å²) in [6.45, 7) is 13.1. The van der Waals surface area contributed by atoms with Gasteiger partial charge in [0.05, 0.1) is 0 Å². The highest BCUT2D eigenvalue weighted by atomic mass is 15.2. The van der Waals surface area contributed by atoms with Gasteiger partial charge in [-0.25, -0.2) is 0 Å². The first-order chi connectivity index (χ1) is 5.77. The molecular weight excluding hydrogens is 148 g/mol. The summed E-state index contributed by atoms with van der Waals surface area (Å²) >= 11 is 0. The first-order valence-corrected chi connectivity index (χ1v) is 5.24. The molecule has 12 heavy (non-hydrogen) atoms. The Bertz CT molecular complexity index is 125. The smallest absolute Gasteiger partial charge is 0.0194 e. The lowest BCUT2D eigenvalue weighted by Crippen LogP contribution is -2.38. The minimum atomic E-state index is 0.748. The van der Waals surface area contributed by atoms with Crippen molar-refractivity contribution in [2.45, 2.75) is 33.2 Å². The zero-order valence-corrected chi connectivity index (χ0v) is 8.71. The molecule has 0 spiro atoms. The van der Waals surface area contributed by atoms with Gasteiger partial charge < -0.3 is 4.90 Å². The average molecular weight is 170 g/mol. The Morgan fingerprint density at radius 3 is 2.50 bits per heavy atom. The fourth-order valence-corrected chi connectivity index (χ4v) is 2.06. The van der Waals surface area contributed by atoms with Gasteiger partial charge in [0.2, 0.25) is 0 Å². The van der Waals surface area contributed by atoms with Gasteiger partial charge >= 0.3 is 0 Å². The van der Waals surface area contributed by atoms with Gasteiger partial charge in [-0.05, 0) is 39.5 Å². The Balaban J connectivity index is 2.44. The van der Waals surface area contributed by atoms with Crippen molar-refractivity contribution in [2.24, 2.45) is 0 Å². The van der Waals surface area contributed by atoms with Gasteiger partial charge in [-0.2, -0.15) is 0 Å². The van der Waals surface area contributed by atoms with Crippen LogP contribution in [0.5, 0.6) is 0 Å². The van der Waals surface area contributed by atoms with Crippen molar-refractivity contribution in [3.63, 3.8) is 0 Å². The van der Waals surface area contributed by atoms with Crippen LogP contribution in [0.3, 0.4) is 0 Å². The second kappa shape index (κ2) is 4.83. The number of likely N-dealkylation sites (N-methyl/N-ethyl adjacent to an activating group) is 2. The van der Waals surface area contributed by atoms with Crippen LogP contribution >= 0.6 is 0 Å². The van der Waals surface area contributed by atoms with Crippen LogP contribution in [0.1, 0.15) is 27.2 Å². The van der Waals surface area contributed by atoms with Crippen molar-refractivity contribution < 1.29 is 0 Å². The Kier molecular flexibility index (Phi) is 4.02. The summed E-state index contributed by atoms with van der Waals surface area (Å²) in [4.78, 5) is 5.13. The molecule has 0 aromatic carbocycles. The van der Waals surface area contributed by atoms with Crippen molar-refractivity contribution in [2.75, 3.05) is 32.7 Å². The van der Waals surface area contributed by atoms with Crippen molar-refractivity contribution in [1.82, 2.24) is 9.80 Å². The number of nitrogens with zero attached hydrogens (tertiary/aromatic N) is 2. The molecule has 2 nitrogen and oxygen atoms in total. The van der Waals surface area contributed by atoms with E-state index in [0.717, 1.165) is 6.04 Å². The molecule has 0 aliphatic carbocycles. The van der Waals surface area contributed by atoms with Gasteiger partial charge in [0.25, 0.3) is 0 Å². The van der Waals surface area contributed by atoms with E-state index >= 15 is 0 Å². The van der Waals surface area contributed by atoms with Gasteiger partial charge in [-0.15, -0.1) is 0 Å². The maximum absolute atomic E-state index is 2.58. The molecule has 0 aromatic rings. The Labute approximate surface area is 76.5 Å². The average Bonchev–Trinajstić information content (AvgIpc) is 2.26. The molecule has 1 heterocycles. The largest absolute Gasteiger partial charge is 0.302 e. The predicted octanol–water partition coefficient (Wildman–Crippen LogP) is 1.42. The quantitative estimate of drug-likeness (QED) is 0.618. The van der Waals surface area contributed by atoms with Crippen molar-refractivity contribution in [1.29, 1.82) is 0 Å². The highest BCUT2D eigenvalue weighted by Gasteiger charge is 2.18. The predicted molar refractivity (Wildman–Crippen MR) is 53.4 cm³/mol. The standard InChI is InChI=1S/C10H22N2/c1-4-11-7-6-8-12(5-2)10(3)9-11/h10H,4-9H2,1-3H3/t10-/m0/s1. The van der Waals surface area contributed by atoms with Crippen molar-refractivity contribution >= 4 is 0 Å². The molecule has 1 saturated heterocycles. The summed E-state index contributed by atoms with van der Waals surface area (Å²) < 4.78 is 0. The normalized spacial score (nSPS) is 28.8. The van der Waals surface area contributed by atoms with Crippen LogP contribution in [0, 0.1) is 0 Å². The van der Waals surface area contributed by atoms with Crippen molar-refractivity contribution in [3.8, 4) is 0 Å². The summed E-state index contributed by atoms with van der Waals surface area (Å²) in [6.07, 6.45) is 1.34. The Morgan fingerprint density at radius 1 is 1.17 bits per heavy atom. The molecule has 0 bridgehead atoms. The minimum Gasteiger partial charge on any atom is -0.302 e. The van der Waals surface area contributed by atoms with Crippen molar-refractivity contribution in [3.05, 3.63) is 0 Å². The van der Waals surface area contributed by atoms with E-state index in [4.69, 9.17) is 0 Å². The third-order valence-corrected chi connectivity index (χ3v) is 2.92. The summed E-state index contributed by atoms with van der Waals surface area (Å²) in [6, 6.07) is 0.748. The van der Waals surface area contributed by atoms with Crippen LogP contribution < -0.4 is 0 Å². The Morgan fingerprint density at radius 2 is 1.92 bits per heavy atom. The van der Waals surface area contributed by atoms with Crippen LogP contribution in [-0.2, 0) is 0 Å². The molecule has 0 N–H and O–H groups in total. The van der Waals surface area contributed by atoms with Crippen LogP contribution in [0.15, 0.2) is 0 Å². The maximum atomic E-state index is 2.58. The van der Waals surface area contributed by atoms with Crippen LogP contribution in [-0.4, -0.2) is 48.6 Å². The molecular formula is C10H22N2. The highest BCUT2D eigenvalue weighted by Crippen LogP contribution is 2.08. The summed E-state index contributed by atoms with van der Waals surface area (Å²) in [5.41, 5.74) is 0. The molecule has 72 valence electrons. The lowest BCUT2D eigenvalue weighted by Gasteiger charge is -2.27. The van der Waals surface area contributed by atoms with Crippen LogP contribution in [0.4, 0.5) is 0 Å². The van der Waals surface area contributed by atoms with Gasteiger partial charge in [0, 0.05) is 12.6 Å². The molecule has 0 aromatic heterocycles. The van der Waals surface area contributed by atoms with Crippen LogP contribution in [0.2, 0.25) is 0 Å². The maximum Gasteiger partial charge on any atom is 0.0194 e. The van der Waals surface area contributed by atoms with E-state index in [1.54, 1.807) is 0 Å². The zero-order valence-electron chi connectivity index (χ0n) is 8.71. The first-order valence-electron chi connectivity index (χ1n) is 5.24. The molecule has 0 amide bonds. The minimum absolute atomic E-state index is 0.748. The summed E-state index contributed by atoms with van der Waals surface area (Å²) in [5, 5.41) is 0. The topological polar surface area (TPSA) is 6.48 Å². The summed E-state index contributed by atoms with van der Waals surface area (Å²) in [7, 11) is 0. The SMILES string of the molecule is CCN1CCCN(CC)[C@@H](C)C1. The van der Waals surface area contributed by atoms with E-state index in [9.17, 15) is 0 Å². The third-order valence-electron chi connectivity index (χ3n) is 2.92. The number of hydrogen-bond donors (Lipinski definition) is 0. The van der Waals surface area contributed by atoms with Gasteiger partial charge in [0.1, 0.15) is 0 Å². The fourth-order valence-electron chi connectivity index (χ4n) is 2.06. The molecule has 1 aliphatic heterocycles. The first kappa shape index (κ1) is 10.0. The molecule has 1 fully saturated rings. The third kappa shape index (κ3) is 2.46. The van der Waals surface area contributed by atoms with E-state index in [0.29, 0.717) is 0 Å². The summed E-state index contributed by atoms with van der Waals surface area (Å²) in [5.74, 6) is 0. The molecule has 2 heteroatoms.